The lowest BCUT2D eigenvalue weighted by Gasteiger charge is -2.18. The molecule has 0 radical (unpaired) electrons. The van der Waals surface area contributed by atoms with E-state index in [4.69, 9.17) is 14.2 Å². The van der Waals surface area contributed by atoms with Crippen molar-refractivity contribution in [3.63, 3.8) is 0 Å². The fourth-order valence-corrected chi connectivity index (χ4v) is 3.16. The quantitative estimate of drug-likeness (QED) is 0.772. The number of methoxy groups -OCH3 is 3. The van der Waals surface area contributed by atoms with Gasteiger partial charge >= 0.3 is 5.97 Å². The second-order valence-corrected chi connectivity index (χ2v) is 5.99. The molecule has 1 amide bonds. The van der Waals surface area contributed by atoms with Gasteiger partial charge in [0.05, 0.1) is 33.3 Å². The molecule has 0 atom stereocenters. The third kappa shape index (κ3) is 3.35. The summed E-state index contributed by atoms with van der Waals surface area (Å²) in [6.07, 6.45) is 0.941. The minimum atomic E-state index is -0.374. The minimum absolute atomic E-state index is 0.0157. The standard InChI is InChI=1S/C20H21NO5/c1-24-16-6-4-14(18(12-16)25-2)11-19(22)21-9-8-13-10-15(20(23)26-3)5-7-17(13)21/h4-7,10,12H,8-9,11H2,1-3H3. The molecule has 0 fully saturated rings. The van der Waals surface area contributed by atoms with Crippen LogP contribution >= 0.6 is 0 Å². The van der Waals surface area contributed by atoms with Crippen LogP contribution in [0.2, 0.25) is 0 Å². The molecule has 2 aromatic carbocycles. The van der Waals surface area contributed by atoms with E-state index in [0.717, 1.165) is 16.8 Å². The number of anilines is 1. The molecule has 0 unspecified atom stereocenters. The average Bonchev–Trinajstić information content (AvgIpc) is 3.10. The van der Waals surface area contributed by atoms with E-state index in [0.29, 0.717) is 30.0 Å². The molecular weight excluding hydrogens is 334 g/mol. The Morgan fingerprint density at radius 1 is 1.04 bits per heavy atom. The van der Waals surface area contributed by atoms with Crippen molar-refractivity contribution in [3.8, 4) is 11.5 Å². The van der Waals surface area contributed by atoms with Gasteiger partial charge in [-0.3, -0.25) is 4.79 Å². The van der Waals surface area contributed by atoms with Crippen LogP contribution in [0.25, 0.3) is 0 Å². The molecule has 1 heterocycles. The molecular formula is C20H21NO5. The SMILES string of the molecule is COC(=O)c1ccc2c(c1)CCN2C(=O)Cc1ccc(OC)cc1OC. The molecule has 3 rings (SSSR count). The predicted octanol–water partition coefficient (Wildman–Crippen LogP) is 2.62. The van der Waals surface area contributed by atoms with Crippen molar-refractivity contribution in [2.45, 2.75) is 12.8 Å². The Morgan fingerprint density at radius 2 is 1.85 bits per heavy atom. The number of amides is 1. The number of hydrogen-bond acceptors (Lipinski definition) is 5. The fraction of sp³-hybridized carbons (Fsp3) is 0.300. The Labute approximate surface area is 152 Å². The van der Waals surface area contributed by atoms with E-state index in [9.17, 15) is 9.59 Å². The zero-order valence-electron chi connectivity index (χ0n) is 15.1. The van der Waals surface area contributed by atoms with Crippen LogP contribution in [-0.4, -0.2) is 39.8 Å². The zero-order chi connectivity index (χ0) is 18.7. The normalized spacial score (nSPS) is 12.5. The lowest BCUT2D eigenvalue weighted by atomic mass is 10.1. The van der Waals surface area contributed by atoms with Crippen molar-refractivity contribution in [2.75, 3.05) is 32.8 Å². The first-order chi connectivity index (χ1) is 12.6. The number of hydrogen-bond donors (Lipinski definition) is 0. The molecule has 1 aliphatic rings. The average molecular weight is 355 g/mol. The Balaban J connectivity index is 1.80. The first kappa shape index (κ1) is 17.8. The van der Waals surface area contributed by atoms with Gasteiger partial charge in [0.25, 0.3) is 0 Å². The Hall–Kier alpha value is -3.02. The molecule has 0 spiro atoms. The molecule has 136 valence electrons. The highest BCUT2D eigenvalue weighted by atomic mass is 16.5. The van der Waals surface area contributed by atoms with Gasteiger partial charge in [0, 0.05) is 23.9 Å². The van der Waals surface area contributed by atoms with Gasteiger partial charge in [-0.2, -0.15) is 0 Å². The van der Waals surface area contributed by atoms with Crippen LogP contribution in [0.15, 0.2) is 36.4 Å². The molecule has 0 aliphatic carbocycles. The maximum Gasteiger partial charge on any atom is 0.337 e. The van der Waals surface area contributed by atoms with Gasteiger partial charge < -0.3 is 19.1 Å². The van der Waals surface area contributed by atoms with Crippen LogP contribution in [0.3, 0.4) is 0 Å². The number of carbonyl (C=O) groups excluding carboxylic acids is 2. The van der Waals surface area contributed by atoms with E-state index >= 15 is 0 Å². The third-order valence-corrected chi connectivity index (χ3v) is 4.53. The summed E-state index contributed by atoms with van der Waals surface area (Å²) in [6, 6.07) is 10.7. The van der Waals surface area contributed by atoms with Crippen molar-refractivity contribution in [3.05, 3.63) is 53.1 Å². The number of carbonyl (C=O) groups is 2. The highest BCUT2D eigenvalue weighted by Crippen LogP contribution is 2.31. The molecule has 1 aliphatic heterocycles. The molecule has 26 heavy (non-hydrogen) atoms. The molecule has 0 saturated heterocycles. The molecule has 6 nitrogen and oxygen atoms in total. The minimum Gasteiger partial charge on any atom is -0.497 e. The number of ether oxygens (including phenoxy) is 3. The Morgan fingerprint density at radius 3 is 2.54 bits per heavy atom. The van der Waals surface area contributed by atoms with E-state index < -0.39 is 0 Å². The summed E-state index contributed by atoms with van der Waals surface area (Å²) in [4.78, 5) is 26.2. The molecule has 0 aromatic heterocycles. The van der Waals surface area contributed by atoms with E-state index in [2.05, 4.69) is 0 Å². The van der Waals surface area contributed by atoms with Gasteiger partial charge in [-0.1, -0.05) is 6.07 Å². The number of esters is 1. The fourth-order valence-electron chi connectivity index (χ4n) is 3.16. The summed E-state index contributed by atoms with van der Waals surface area (Å²) >= 11 is 0. The van der Waals surface area contributed by atoms with Crippen LogP contribution in [-0.2, 0) is 22.4 Å². The number of rotatable bonds is 5. The second kappa shape index (κ2) is 7.47. The first-order valence-corrected chi connectivity index (χ1v) is 8.30. The predicted molar refractivity (Wildman–Crippen MR) is 97.1 cm³/mol. The molecule has 6 heteroatoms. The van der Waals surface area contributed by atoms with Crippen LogP contribution in [0, 0.1) is 0 Å². The van der Waals surface area contributed by atoms with Crippen molar-refractivity contribution in [1.29, 1.82) is 0 Å². The first-order valence-electron chi connectivity index (χ1n) is 8.30. The van der Waals surface area contributed by atoms with Crippen molar-refractivity contribution < 1.29 is 23.8 Å². The highest BCUT2D eigenvalue weighted by molar-refractivity contribution is 5.98. The number of nitrogens with zero attached hydrogens (tertiary/aromatic N) is 1. The summed E-state index contributed by atoms with van der Waals surface area (Å²) < 4.78 is 15.3. The van der Waals surface area contributed by atoms with E-state index in [1.165, 1.54) is 7.11 Å². The lowest BCUT2D eigenvalue weighted by Crippen LogP contribution is -2.30. The molecule has 0 bridgehead atoms. The van der Waals surface area contributed by atoms with Gasteiger partial charge in [0.2, 0.25) is 5.91 Å². The Bertz CT molecular complexity index is 846. The summed E-state index contributed by atoms with van der Waals surface area (Å²) in [7, 11) is 4.51. The highest BCUT2D eigenvalue weighted by Gasteiger charge is 2.26. The van der Waals surface area contributed by atoms with Crippen LogP contribution in [0.1, 0.15) is 21.5 Å². The van der Waals surface area contributed by atoms with E-state index in [1.54, 1.807) is 43.4 Å². The molecule has 0 N–H and O–H groups in total. The van der Waals surface area contributed by atoms with Crippen molar-refractivity contribution in [2.24, 2.45) is 0 Å². The van der Waals surface area contributed by atoms with Gasteiger partial charge in [0.15, 0.2) is 0 Å². The third-order valence-electron chi connectivity index (χ3n) is 4.53. The smallest absolute Gasteiger partial charge is 0.337 e. The monoisotopic (exact) mass is 355 g/mol. The maximum atomic E-state index is 12.8. The lowest BCUT2D eigenvalue weighted by molar-refractivity contribution is -0.117. The largest absolute Gasteiger partial charge is 0.497 e. The topological polar surface area (TPSA) is 65.1 Å². The van der Waals surface area contributed by atoms with Gasteiger partial charge in [0.1, 0.15) is 11.5 Å². The second-order valence-electron chi connectivity index (χ2n) is 5.99. The van der Waals surface area contributed by atoms with Gasteiger partial charge in [-0.05, 0) is 36.2 Å². The van der Waals surface area contributed by atoms with E-state index in [1.807, 2.05) is 12.1 Å². The zero-order valence-corrected chi connectivity index (χ0v) is 15.1. The molecule has 0 saturated carbocycles. The van der Waals surface area contributed by atoms with E-state index in [-0.39, 0.29) is 18.3 Å². The summed E-state index contributed by atoms with van der Waals surface area (Å²) in [5.74, 6) is 0.914. The number of fused-ring (bicyclic) bond motifs is 1. The summed E-state index contributed by atoms with van der Waals surface area (Å²) in [5.41, 5.74) is 3.12. The molecule has 2 aromatic rings. The van der Waals surface area contributed by atoms with Gasteiger partial charge in [-0.15, -0.1) is 0 Å². The van der Waals surface area contributed by atoms with Crippen molar-refractivity contribution >= 4 is 17.6 Å². The summed E-state index contributed by atoms with van der Waals surface area (Å²) in [5, 5.41) is 0. The summed E-state index contributed by atoms with van der Waals surface area (Å²) in [6.45, 7) is 0.595. The van der Waals surface area contributed by atoms with Crippen LogP contribution < -0.4 is 14.4 Å². The maximum absolute atomic E-state index is 12.8. The Kier molecular flexibility index (Phi) is 5.11. The van der Waals surface area contributed by atoms with Crippen LogP contribution in [0.5, 0.6) is 11.5 Å². The van der Waals surface area contributed by atoms with Crippen LogP contribution in [0.4, 0.5) is 5.69 Å². The van der Waals surface area contributed by atoms with Gasteiger partial charge in [-0.25, -0.2) is 4.79 Å². The number of benzene rings is 2. The van der Waals surface area contributed by atoms with Crippen molar-refractivity contribution in [1.82, 2.24) is 0 Å².